The minimum Gasteiger partial charge on any atom is -0.488 e. The zero-order valence-corrected chi connectivity index (χ0v) is 24.4. The monoisotopic (exact) mass is 500 g/mol. The molecule has 0 aliphatic rings. The Balaban J connectivity index is 1.56. The number of hydrogen-bond donors (Lipinski definition) is 0. The van der Waals surface area contributed by atoms with Crippen molar-refractivity contribution in [2.45, 2.75) is 111 Å². The van der Waals surface area contributed by atoms with E-state index in [0.29, 0.717) is 11.8 Å². The van der Waals surface area contributed by atoms with Gasteiger partial charge in [-0.25, -0.2) is 0 Å². The summed E-state index contributed by atoms with van der Waals surface area (Å²) in [6, 6.07) is 26.7. The predicted molar refractivity (Wildman–Crippen MR) is 158 cm³/mol. The lowest BCUT2D eigenvalue weighted by Crippen LogP contribution is -2.22. The van der Waals surface area contributed by atoms with Crippen LogP contribution in [0.15, 0.2) is 72.8 Å². The Labute approximate surface area is 226 Å². The number of hydrogen-bond acceptors (Lipinski definition) is 2. The summed E-state index contributed by atoms with van der Waals surface area (Å²) in [5.41, 5.74) is 5.29. The van der Waals surface area contributed by atoms with Crippen LogP contribution in [0.5, 0.6) is 11.5 Å². The third-order valence-electron chi connectivity index (χ3n) is 6.82. The van der Waals surface area contributed by atoms with E-state index in [1.165, 1.54) is 22.3 Å². The van der Waals surface area contributed by atoms with E-state index in [0.717, 1.165) is 43.6 Å². The topological polar surface area (TPSA) is 18.5 Å². The van der Waals surface area contributed by atoms with E-state index >= 15 is 0 Å². The quantitative estimate of drug-likeness (QED) is 0.261. The number of aryl methyl sites for hydroxylation is 1. The van der Waals surface area contributed by atoms with Gasteiger partial charge >= 0.3 is 0 Å². The first-order valence-corrected chi connectivity index (χ1v) is 14.1. The van der Waals surface area contributed by atoms with Crippen molar-refractivity contribution in [1.29, 1.82) is 0 Å². The van der Waals surface area contributed by atoms with Crippen LogP contribution in [0.2, 0.25) is 0 Å². The Morgan fingerprint density at radius 1 is 0.541 bits per heavy atom. The predicted octanol–water partition coefficient (Wildman–Crippen LogP) is 9.90. The van der Waals surface area contributed by atoms with Crippen LogP contribution < -0.4 is 9.47 Å². The maximum Gasteiger partial charge on any atom is 0.120 e. The standard InChI is InChI=1S/C35H48O2/c1-9-28(30-17-21-32(22-18-30)36-34(3,4)5)16-15-26-11-13-27(14-12-26)25-29(10-2)31-19-23-33(24-20-31)37-35(6,7)8/h11-14,17-24,28-29H,9-10,15-16,25H2,1-8H3. The summed E-state index contributed by atoms with van der Waals surface area (Å²) in [5.74, 6) is 2.97. The van der Waals surface area contributed by atoms with Gasteiger partial charge in [-0.05, 0) is 132 Å². The molecule has 0 aromatic heterocycles. The van der Waals surface area contributed by atoms with E-state index < -0.39 is 0 Å². The van der Waals surface area contributed by atoms with E-state index in [-0.39, 0.29) is 11.2 Å². The van der Waals surface area contributed by atoms with Gasteiger partial charge in [0.15, 0.2) is 0 Å². The first-order chi connectivity index (χ1) is 17.5. The molecule has 2 nitrogen and oxygen atoms in total. The molecule has 200 valence electrons. The van der Waals surface area contributed by atoms with Crippen molar-refractivity contribution in [3.05, 3.63) is 95.1 Å². The molecule has 3 rings (SSSR count). The Morgan fingerprint density at radius 3 is 1.35 bits per heavy atom. The average molecular weight is 501 g/mol. The molecule has 0 fully saturated rings. The molecule has 0 N–H and O–H groups in total. The highest BCUT2D eigenvalue weighted by atomic mass is 16.5. The highest BCUT2D eigenvalue weighted by Crippen LogP contribution is 2.30. The number of ether oxygens (including phenoxy) is 2. The smallest absolute Gasteiger partial charge is 0.120 e. The molecule has 0 saturated carbocycles. The Hall–Kier alpha value is -2.74. The van der Waals surface area contributed by atoms with Crippen molar-refractivity contribution >= 4 is 0 Å². The second-order valence-corrected chi connectivity index (χ2v) is 12.3. The number of benzene rings is 3. The van der Waals surface area contributed by atoms with Crippen molar-refractivity contribution in [2.75, 3.05) is 0 Å². The molecule has 0 heterocycles. The van der Waals surface area contributed by atoms with E-state index in [2.05, 4.69) is 128 Å². The van der Waals surface area contributed by atoms with Gasteiger partial charge in [-0.1, -0.05) is 62.4 Å². The summed E-state index contributed by atoms with van der Waals surface area (Å²) < 4.78 is 12.0. The lowest BCUT2D eigenvalue weighted by atomic mass is 9.88. The zero-order chi connectivity index (χ0) is 27.1. The van der Waals surface area contributed by atoms with Gasteiger partial charge in [0.2, 0.25) is 0 Å². The second kappa shape index (κ2) is 12.7. The maximum atomic E-state index is 5.99. The molecule has 3 aromatic rings. The van der Waals surface area contributed by atoms with Gasteiger partial charge < -0.3 is 9.47 Å². The van der Waals surface area contributed by atoms with Gasteiger partial charge in [0.25, 0.3) is 0 Å². The van der Waals surface area contributed by atoms with Crippen molar-refractivity contribution in [3.8, 4) is 11.5 Å². The molecule has 37 heavy (non-hydrogen) atoms. The SMILES string of the molecule is CCC(CCc1ccc(CC(CC)c2ccc(OC(C)(C)C)cc2)cc1)c1ccc(OC(C)(C)C)cc1. The van der Waals surface area contributed by atoms with Crippen molar-refractivity contribution in [1.82, 2.24) is 0 Å². The minimum atomic E-state index is -0.170. The second-order valence-electron chi connectivity index (χ2n) is 12.3. The molecule has 0 aliphatic heterocycles. The summed E-state index contributed by atoms with van der Waals surface area (Å²) in [6.07, 6.45) is 5.60. The van der Waals surface area contributed by atoms with E-state index in [1.807, 2.05) is 0 Å². The molecule has 3 aromatic carbocycles. The molecule has 0 aliphatic carbocycles. The van der Waals surface area contributed by atoms with Gasteiger partial charge in [-0.2, -0.15) is 0 Å². The van der Waals surface area contributed by atoms with E-state index in [1.54, 1.807) is 0 Å². The van der Waals surface area contributed by atoms with Crippen LogP contribution >= 0.6 is 0 Å². The van der Waals surface area contributed by atoms with Crippen LogP contribution in [-0.4, -0.2) is 11.2 Å². The highest BCUT2D eigenvalue weighted by molar-refractivity contribution is 5.33. The Morgan fingerprint density at radius 2 is 0.946 bits per heavy atom. The summed E-state index contributed by atoms with van der Waals surface area (Å²) in [7, 11) is 0. The van der Waals surface area contributed by atoms with E-state index in [9.17, 15) is 0 Å². The largest absolute Gasteiger partial charge is 0.488 e. The van der Waals surface area contributed by atoms with Crippen LogP contribution in [0.1, 0.15) is 109 Å². The molecular formula is C35H48O2. The third-order valence-corrected chi connectivity index (χ3v) is 6.82. The lowest BCUT2D eigenvalue weighted by molar-refractivity contribution is 0.130. The summed E-state index contributed by atoms with van der Waals surface area (Å²) >= 11 is 0. The first kappa shape index (κ1) is 28.8. The lowest BCUT2D eigenvalue weighted by Gasteiger charge is -2.22. The Kier molecular flexibility index (Phi) is 9.87. The fraction of sp³-hybridized carbons (Fsp3) is 0.486. The van der Waals surface area contributed by atoms with Crippen LogP contribution in [0.25, 0.3) is 0 Å². The molecular weight excluding hydrogens is 452 g/mol. The summed E-state index contributed by atoms with van der Waals surface area (Å²) in [4.78, 5) is 0. The fourth-order valence-electron chi connectivity index (χ4n) is 4.89. The van der Waals surface area contributed by atoms with Crippen molar-refractivity contribution in [3.63, 3.8) is 0 Å². The molecule has 2 heteroatoms. The third kappa shape index (κ3) is 9.58. The van der Waals surface area contributed by atoms with Crippen LogP contribution in [0.4, 0.5) is 0 Å². The molecule has 0 radical (unpaired) electrons. The normalized spacial score (nSPS) is 13.7. The molecule has 0 spiro atoms. The minimum absolute atomic E-state index is 0.166. The zero-order valence-electron chi connectivity index (χ0n) is 24.4. The van der Waals surface area contributed by atoms with Crippen molar-refractivity contribution < 1.29 is 9.47 Å². The van der Waals surface area contributed by atoms with E-state index in [4.69, 9.17) is 9.47 Å². The molecule has 2 atom stereocenters. The maximum absolute atomic E-state index is 5.99. The summed E-state index contributed by atoms with van der Waals surface area (Å²) in [5, 5.41) is 0. The van der Waals surface area contributed by atoms with Gasteiger partial charge in [0.1, 0.15) is 22.7 Å². The fourth-order valence-corrected chi connectivity index (χ4v) is 4.89. The molecule has 0 saturated heterocycles. The van der Waals surface area contributed by atoms with Crippen LogP contribution in [0.3, 0.4) is 0 Å². The van der Waals surface area contributed by atoms with Gasteiger partial charge in [0.05, 0.1) is 0 Å². The van der Waals surface area contributed by atoms with Gasteiger partial charge in [-0.3, -0.25) is 0 Å². The summed E-state index contributed by atoms with van der Waals surface area (Å²) in [6.45, 7) is 17.1. The molecule has 0 bridgehead atoms. The molecule has 0 amide bonds. The van der Waals surface area contributed by atoms with Gasteiger partial charge in [0, 0.05) is 0 Å². The number of rotatable bonds is 11. The first-order valence-electron chi connectivity index (χ1n) is 14.1. The Bertz CT molecular complexity index is 1060. The van der Waals surface area contributed by atoms with Crippen molar-refractivity contribution in [2.24, 2.45) is 0 Å². The van der Waals surface area contributed by atoms with Crippen LogP contribution in [-0.2, 0) is 12.8 Å². The average Bonchev–Trinajstić information content (AvgIpc) is 2.83. The van der Waals surface area contributed by atoms with Gasteiger partial charge in [-0.15, -0.1) is 0 Å². The molecule has 2 unspecified atom stereocenters. The highest BCUT2D eigenvalue weighted by Gasteiger charge is 2.15. The van der Waals surface area contributed by atoms with Crippen LogP contribution in [0, 0.1) is 0 Å².